The van der Waals surface area contributed by atoms with Crippen LogP contribution in [0.1, 0.15) is 40.9 Å². The van der Waals surface area contributed by atoms with Crippen molar-refractivity contribution < 1.29 is 4.79 Å². The summed E-state index contributed by atoms with van der Waals surface area (Å²) in [6.07, 6.45) is 7.29. The van der Waals surface area contributed by atoms with Crippen LogP contribution in [0.15, 0.2) is 24.5 Å². The molecule has 2 aromatic rings. The van der Waals surface area contributed by atoms with Crippen LogP contribution in [0.3, 0.4) is 0 Å². The first kappa shape index (κ1) is 14.9. The van der Waals surface area contributed by atoms with Crippen LogP contribution >= 0.6 is 0 Å². The van der Waals surface area contributed by atoms with E-state index in [0.717, 1.165) is 43.5 Å². The Labute approximate surface area is 140 Å². The van der Waals surface area contributed by atoms with Crippen LogP contribution in [0.25, 0.3) is 0 Å². The van der Waals surface area contributed by atoms with Gasteiger partial charge in [0, 0.05) is 30.9 Å². The summed E-state index contributed by atoms with van der Waals surface area (Å²) < 4.78 is 0. The Morgan fingerprint density at radius 3 is 2.83 bits per heavy atom. The lowest BCUT2D eigenvalue weighted by Crippen LogP contribution is -2.48. The molecule has 1 unspecified atom stereocenters. The molecule has 1 spiro atoms. The fourth-order valence-electron chi connectivity index (χ4n) is 3.97. The van der Waals surface area contributed by atoms with E-state index in [4.69, 9.17) is 11.5 Å². The third-order valence-electron chi connectivity index (χ3n) is 5.16. The first-order valence-corrected chi connectivity index (χ1v) is 8.20. The van der Waals surface area contributed by atoms with Crippen LogP contribution in [0.2, 0.25) is 0 Å². The number of carbonyl (C=O) groups is 1. The van der Waals surface area contributed by atoms with Gasteiger partial charge < -0.3 is 16.4 Å². The molecule has 4 rings (SSSR count). The molecule has 124 valence electrons. The van der Waals surface area contributed by atoms with E-state index in [0.29, 0.717) is 23.9 Å². The number of aryl methyl sites for hydroxylation is 1. The zero-order valence-corrected chi connectivity index (χ0v) is 13.4. The van der Waals surface area contributed by atoms with Crippen molar-refractivity contribution in [3.05, 3.63) is 41.3 Å². The van der Waals surface area contributed by atoms with E-state index in [9.17, 15) is 4.79 Å². The van der Waals surface area contributed by atoms with E-state index in [1.54, 1.807) is 18.3 Å². The van der Waals surface area contributed by atoms with Gasteiger partial charge in [0.1, 0.15) is 5.82 Å². The number of carbonyl (C=O) groups excluding carboxylic acids is 1. The van der Waals surface area contributed by atoms with Gasteiger partial charge in [-0.3, -0.25) is 4.79 Å². The highest BCUT2D eigenvalue weighted by molar-refractivity contribution is 5.94. The average molecular weight is 324 g/mol. The fourth-order valence-corrected chi connectivity index (χ4v) is 3.97. The van der Waals surface area contributed by atoms with Crippen molar-refractivity contribution >= 4 is 17.7 Å². The van der Waals surface area contributed by atoms with Crippen molar-refractivity contribution in [2.45, 2.75) is 31.1 Å². The maximum absolute atomic E-state index is 12.8. The summed E-state index contributed by atoms with van der Waals surface area (Å²) in [7, 11) is 0. The summed E-state index contributed by atoms with van der Waals surface area (Å²) >= 11 is 0. The third-order valence-corrected chi connectivity index (χ3v) is 5.16. The molecule has 1 atom stereocenters. The Kier molecular flexibility index (Phi) is 3.37. The minimum absolute atomic E-state index is 0.00273. The smallest absolute Gasteiger partial charge is 0.255 e. The first-order valence-electron chi connectivity index (χ1n) is 8.20. The standard InChI is InChI=1S/C17H20N6O/c18-13-3-2-12(9-20-13)15(24)23-7-1-5-17(10-23)6-4-11-8-21-16(19)22-14(11)17/h2-3,8-9H,1,4-7,10H2,(H2,18,20)(H2,19,21,22). The van der Waals surface area contributed by atoms with Gasteiger partial charge in [-0.25, -0.2) is 15.0 Å². The van der Waals surface area contributed by atoms with Crippen molar-refractivity contribution in [3.8, 4) is 0 Å². The number of hydrogen-bond donors (Lipinski definition) is 2. The largest absolute Gasteiger partial charge is 0.384 e. The molecule has 0 radical (unpaired) electrons. The van der Waals surface area contributed by atoms with E-state index in [2.05, 4.69) is 15.0 Å². The number of likely N-dealkylation sites (tertiary alicyclic amines) is 1. The number of amides is 1. The first-order chi connectivity index (χ1) is 11.6. The highest BCUT2D eigenvalue weighted by Crippen LogP contribution is 2.44. The summed E-state index contributed by atoms with van der Waals surface area (Å²) in [4.78, 5) is 27.4. The van der Waals surface area contributed by atoms with Crippen molar-refractivity contribution in [2.24, 2.45) is 0 Å². The summed E-state index contributed by atoms with van der Waals surface area (Å²) in [6.45, 7) is 1.42. The average Bonchev–Trinajstić information content (AvgIpc) is 2.92. The molecular formula is C17H20N6O. The number of anilines is 2. The van der Waals surface area contributed by atoms with Gasteiger partial charge >= 0.3 is 0 Å². The van der Waals surface area contributed by atoms with Gasteiger partial charge in [0.05, 0.1) is 11.3 Å². The third kappa shape index (κ3) is 2.36. The van der Waals surface area contributed by atoms with Crippen LogP contribution in [-0.2, 0) is 11.8 Å². The quantitative estimate of drug-likeness (QED) is 0.814. The zero-order valence-electron chi connectivity index (χ0n) is 13.4. The van der Waals surface area contributed by atoms with E-state index in [-0.39, 0.29) is 11.3 Å². The van der Waals surface area contributed by atoms with Gasteiger partial charge in [-0.1, -0.05) is 0 Å². The molecule has 1 aliphatic carbocycles. The molecule has 1 saturated heterocycles. The molecule has 4 N–H and O–H groups in total. The van der Waals surface area contributed by atoms with E-state index in [1.165, 1.54) is 0 Å². The Morgan fingerprint density at radius 1 is 1.17 bits per heavy atom. The summed E-state index contributed by atoms with van der Waals surface area (Å²) in [5, 5.41) is 0. The van der Waals surface area contributed by atoms with Crippen LogP contribution in [0.4, 0.5) is 11.8 Å². The predicted octanol–water partition coefficient (Wildman–Crippen LogP) is 1.16. The molecular weight excluding hydrogens is 304 g/mol. The number of pyridine rings is 1. The van der Waals surface area contributed by atoms with Crippen molar-refractivity contribution in [1.29, 1.82) is 0 Å². The molecule has 0 aromatic carbocycles. The number of fused-ring (bicyclic) bond motifs is 2. The van der Waals surface area contributed by atoms with Crippen molar-refractivity contribution in [3.63, 3.8) is 0 Å². The van der Waals surface area contributed by atoms with Crippen LogP contribution < -0.4 is 11.5 Å². The molecule has 24 heavy (non-hydrogen) atoms. The molecule has 3 heterocycles. The predicted molar refractivity (Wildman–Crippen MR) is 90.2 cm³/mol. The van der Waals surface area contributed by atoms with Crippen LogP contribution in [0.5, 0.6) is 0 Å². The minimum Gasteiger partial charge on any atom is -0.384 e. The molecule has 0 saturated carbocycles. The molecule has 1 aliphatic heterocycles. The molecule has 2 aliphatic rings. The molecule has 2 aromatic heterocycles. The molecule has 0 bridgehead atoms. The van der Waals surface area contributed by atoms with Gasteiger partial charge in [-0.2, -0.15) is 0 Å². The summed E-state index contributed by atoms with van der Waals surface area (Å²) in [6, 6.07) is 3.39. The lowest BCUT2D eigenvalue weighted by molar-refractivity contribution is 0.0633. The molecule has 7 nitrogen and oxygen atoms in total. The number of rotatable bonds is 1. The number of nitrogen functional groups attached to an aromatic ring is 2. The number of piperidine rings is 1. The number of nitrogens with zero attached hydrogens (tertiary/aromatic N) is 4. The topological polar surface area (TPSA) is 111 Å². The van der Waals surface area contributed by atoms with E-state index >= 15 is 0 Å². The second kappa shape index (κ2) is 5.43. The number of aromatic nitrogens is 3. The number of nitrogens with two attached hydrogens (primary N) is 2. The van der Waals surface area contributed by atoms with Crippen LogP contribution in [0, 0.1) is 0 Å². The molecule has 1 fully saturated rings. The number of hydrogen-bond acceptors (Lipinski definition) is 6. The summed E-state index contributed by atoms with van der Waals surface area (Å²) in [5.74, 6) is 0.719. The Hall–Kier alpha value is -2.70. The van der Waals surface area contributed by atoms with Crippen molar-refractivity contribution in [1.82, 2.24) is 19.9 Å². The summed E-state index contributed by atoms with van der Waals surface area (Å²) in [5.41, 5.74) is 14.1. The maximum Gasteiger partial charge on any atom is 0.255 e. The van der Waals surface area contributed by atoms with Gasteiger partial charge in [0.15, 0.2) is 0 Å². The normalized spacial score (nSPS) is 22.6. The van der Waals surface area contributed by atoms with Crippen LogP contribution in [-0.4, -0.2) is 38.8 Å². The van der Waals surface area contributed by atoms with Crippen molar-refractivity contribution in [2.75, 3.05) is 24.6 Å². The Bertz CT molecular complexity index is 786. The highest BCUT2D eigenvalue weighted by Gasteiger charge is 2.44. The lowest BCUT2D eigenvalue weighted by atomic mass is 9.77. The fraction of sp³-hybridized carbons (Fsp3) is 0.412. The monoisotopic (exact) mass is 324 g/mol. The molecule has 1 amide bonds. The van der Waals surface area contributed by atoms with Gasteiger partial charge in [-0.15, -0.1) is 0 Å². The second-order valence-corrected chi connectivity index (χ2v) is 6.68. The highest BCUT2D eigenvalue weighted by atomic mass is 16.2. The van der Waals surface area contributed by atoms with E-state index < -0.39 is 0 Å². The van der Waals surface area contributed by atoms with Gasteiger partial charge in [0.2, 0.25) is 5.95 Å². The second-order valence-electron chi connectivity index (χ2n) is 6.68. The Balaban J connectivity index is 1.62. The molecule has 7 heteroatoms. The minimum atomic E-state index is -0.0957. The van der Waals surface area contributed by atoms with Gasteiger partial charge in [-0.05, 0) is 43.4 Å². The SMILES string of the molecule is Nc1ccc(C(=O)N2CCCC3(CCc4cnc(N)nc43)C2)cn1. The van der Waals surface area contributed by atoms with E-state index in [1.807, 2.05) is 11.1 Å². The van der Waals surface area contributed by atoms with Gasteiger partial charge in [0.25, 0.3) is 5.91 Å². The zero-order chi connectivity index (χ0) is 16.7. The lowest BCUT2D eigenvalue weighted by Gasteiger charge is -2.40. The maximum atomic E-state index is 12.8. The Morgan fingerprint density at radius 2 is 2.04 bits per heavy atom.